The number of aromatic nitrogens is 1. The van der Waals surface area contributed by atoms with Crippen LogP contribution in [-0.4, -0.2) is 11.0 Å². The zero-order valence-corrected chi connectivity index (χ0v) is 12.2. The van der Waals surface area contributed by atoms with Gasteiger partial charge in [0.1, 0.15) is 5.01 Å². The summed E-state index contributed by atoms with van der Waals surface area (Å²) in [6.45, 7) is 8.63. The number of aryl methyl sites for hydroxylation is 2. The van der Waals surface area contributed by atoms with Crippen molar-refractivity contribution in [3.63, 3.8) is 0 Å². The first kappa shape index (κ1) is 13.2. The fraction of sp³-hybridized carbons (Fsp3) is 0.400. The third-order valence-electron chi connectivity index (χ3n) is 2.78. The molecule has 1 aromatic heterocycles. The molecule has 0 saturated heterocycles. The van der Waals surface area contributed by atoms with E-state index in [0.717, 1.165) is 5.01 Å². The maximum Gasteiger partial charge on any atom is 0.114 e. The molecule has 0 aliphatic heterocycles. The quantitative estimate of drug-likeness (QED) is 0.903. The molecule has 1 atom stereocenters. The van der Waals surface area contributed by atoms with Crippen LogP contribution >= 0.6 is 11.3 Å². The van der Waals surface area contributed by atoms with Crippen molar-refractivity contribution in [1.29, 1.82) is 0 Å². The summed E-state index contributed by atoms with van der Waals surface area (Å²) in [5, 5.41) is 6.77. The molecule has 0 aliphatic rings. The summed E-state index contributed by atoms with van der Waals surface area (Å²) in [6.07, 6.45) is 1.87. The molecule has 0 radical (unpaired) electrons. The van der Waals surface area contributed by atoms with Gasteiger partial charge >= 0.3 is 0 Å². The van der Waals surface area contributed by atoms with Gasteiger partial charge in [0.05, 0.1) is 6.04 Å². The second-order valence-electron chi connectivity index (χ2n) is 5.05. The molecule has 0 bridgehead atoms. The van der Waals surface area contributed by atoms with Gasteiger partial charge in [0, 0.05) is 17.6 Å². The van der Waals surface area contributed by atoms with E-state index in [9.17, 15) is 0 Å². The normalized spacial score (nSPS) is 12.9. The first-order valence-corrected chi connectivity index (χ1v) is 7.18. The third-order valence-corrected chi connectivity index (χ3v) is 3.62. The maximum atomic E-state index is 4.46. The maximum absolute atomic E-state index is 4.46. The van der Waals surface area contributed by atoms with E-state index in [0.29, 0.717) is 6.04 Å². The molecule has 2 rings (SSSR count). The summed E-state index contributed by atoms with van der Waals surface area (Å²) in [7, 11) is 0. The van der Waals surface area contributed by atoms with E-state index in [-0.39, 0.29) is 6.04 Å². The van der Waals surface area contributed by atoms with Gasteiger partial charge in [-0.1, -0.05) is 29.3 Å². The van der Waals surface area contributed by atoms with Gasteiger partial charge in [0.2, 0.25) is 0 Å². The number of benzene rings is 1. The van der Waals surface area contributed by atoms with Gasteiger partial charge in [-0.25, -0.2) is 4.98 Å². The van der Waals surface area contributed by atoms with Crippen LogP contribution in [-0.2, 0) is 0 Å². The monoisotopic (exact) mass is 260 g/mol. The highest BCUT2D eigenvalue weighted by Gasteiger charge is 2.17. The Bertz CT molecular complexity index is 483. The lowest BCUT2D eigenvalue weighted by Crippen LogP contribution is -2.29. The SMILES string of the molecule is Cc1cc(C)cc(C(NC(C)C)c2nccs2)c1. The lowest BCUT2D eigenvalue weighted by Gasteiger charge is -2.20. The van der Waals surface area contributed by atoms with Crippen LogP contribution in [0.1, 0.15) is 41.6 Å². The smallest absolute Gasteiger partial charge is 0.114 e. The Hall–Kier alpha value is -1.19. The Kier molecular flexibility index (Phi) is 4.15. The zero-order valence-electron chi connectivity index (χ0n) is 11.4. The molecule has 0 spiro atoms. The van der Waals surface area contributed by atoms with Crippen molar-refractivity contribution in [2.75, 3.05) is 0 Å². The molecule has 3 heteroatoms. The van der Waals surface area contributed by atoms with Gasteiger partial charge in [-0.2, -0.15) is 0 Å². The number of rotatable bonds is 4. The van der Waals surface area contributed by atoms with E-state index < -0.39 is 0 Å². The summed E-state index contributed by atoms with van der Waals surface area (Å²) < 4.78 is 0. The summed E-state index contributed by atoms with van der Waals surface area (Å²) in [5.41, 5.74) is 3.91. The molecule has 0 aliphatic carbocycles. The van der Waals surface area contributed by atoms with E-state index in [1.165, 1.54) is 16.7 Å². The molecule has 18 heavy (non-hydrogen) atoms. The van der Waals surface area contributed by atoms with Crippen LogP contribution in [0.3, 0.4) is 0 Å². The van der Waals surface area contributed by atoms with E-state index in [1.807, 2.05) is 11.6 Å². The molecular formula is C15H20N2S. The average Bonchev–Trinajstić information content (AvgIpc) is 2.77. The van der Waals surface area contributed by atoms with Gasteiger partial charge < -0.3 is 5.32 Å². The standard InChI is InChI=1S/C15H20N2S/c1-10(2)17-14(15-16-5-6-18-15)13-8-11(3)7-12(4)9-13/h5-10,14,17H,1-4H3. The predicted molar refractivity (Wildman–Crippen MR) is 78.1 cm³/mol. The van der Waals surface area contributed by atoms with E-state index in [2.05, 4.69) is 56.2 Å². The number of nitrogens with zero attached hydrogens (tertiary/aromatic N) is 1. The van der Waals surface area contributed by atoms with Crippen LogP contribution in [0.2, 0.25) is 0 Å². The minimum Gasteiger partial charge on any atom is -0.302 e. The number of thiazole rings is 1. The topological polar surface area (TPSA) is 24.9 Å². The van der Waals surface area contributed by atoms with Gasteiger partial charge in [0.25, 0.3) is 0 Å². The van der Waals surface area contributed by atoms with Crippen LogP contribution < -0.4 is 5.32 Å². The third kappa shape index (κ3) is 3.18. The second kappa shape index (κ2) is 5.63. The summed E-state index contributed by atoms with van der Waals surface area (Å²) in [6, 6.07) is 7.32. The lowest BCUT2D eigenvalue weighted by atomic mass is 10.0. The first-order chi connectivity index (χ1) is 8.56. The Balaban J connectivity index is 2.39. The fourth-order valence-corrected chi connectivity index (χ4v) is 2.92. The molecule has 0 fully saturated rings. The van der Waals surface area contributed by atoms with Crippen molar-refractivity contribution in [1.82, 2.24) is 10.3 Å². The second-order valence-corrected chi connectivity index (χ2v) is 5.97. The largest absolute Gasteiger partial charge is 0.302 e. The van der Waals surface area contributed by atoms with Crippen molar-refractivity contribution in [3.8, 4) is 0 Å². The molecule has 0 amide bonds. The molecule has 1 heterocycles. The molecule has 1 aromatic carbocycles. The molecular weight excluding hydrogens is 240 g/mol. The van der Waals surface area contributed by atoms with Crippen molar-refractivity contribution in [2.45, 2.75) is 39.8 Å². The number of hydrogen-bond donors (Lipinski definition) is 1. The van der Waals surface area contributed by atoms with Crippen LogP contribution in [0.25, 0.3) is 0 Å². The molecule has 96 valence electrons. The Morgan fingerprint density at radius 1 is 1.11 bits per heavy atom. The highest BCUT2D eigenvalue weighted by atomic mass is 32.1. The van der Waals surface area contributed by atoms with Gasteiger partial charge in [-0.05, 0) is 33.3 Å². The summed E-state index contributed by atoms with van der Waals surface area (Å²) >= 11 is 1.71. The van der Waals surface area contributed by atoms with Gasteiger partial charge in [-0.15, -0.1) is 11.3 Å². The molecule has 2 aromatic rings. The fourth-order valence-electron chi connectivity index (χ4n) is 2.20. The predicted octanol–water partition coefficient (Wildman–Crippen LogP) is 3.85. The Morgan fingerprint density at radius 2 is 1.78 bits per heavy atom. The Labute approximate surface area is 113 Å². The van der Waals surface area contributed by atoms with Crippen LogP contribution in [0, 0.1) is 13.8 Å². The van der Waals surface area contributed by atoms with Crippen molar-refractivity contribution in [3.05, 3.63) is 51.5 Å². The highest BCUT2D eigenvalue weighted by Crippen LogP contribution is 2.26. The summed E-state index contributed by atoms with van der Waals surface area (Å²) in [4.78, 5) is 4.46. The van der Waals surface area contributed by atoms with Crippen molar-refractivity contribution >= 4 is 11.3 Å². The molecule has 0 saturated carbocycles. The summed E-state index contributed by atoms with van der Waals surface area (Å²) in [5.74, 6) is 0. The van der Waals surface area contributed by atoms with Crippen molar-refractivity contribution in [2.24, 2.45) is 0 Å². The average molecular weight is 260 g/mol. The highest BCUT2D eigenvalue weighted by molar-refractivity contribution is 7.09. The van der Waals surface area contributed by atoms with Gasteiger partial charge in [0.15, 0.2) is 0 Å². The molecule has 1 N–H and O–H groups in total. The molecule has 2 nitrogen and oxygen atoms in total. The minimum atomic E-state index is 0.198. The van der Waals surface area contributed by atoms with E-state index in [1.54, 1.807) is 11.3 Å². The number of hydrogen-bond acceptors (Lipinski definition) is 3. The van der Waals surface area contributed by atoms with Gasteiger partial charge in [-0.3, -0.25) is 0 Å². The lowest BCUT2D eigenvalue weighted by molar-refractivity contribution is 0.526. The van der Waals surface area contributed by atoms with Crippen LogP contribution in [0.15, 0.2) is 29.8 Å². The Morgan fingerprint density at radius 3 is 2.28 bits per heavy atom. The minimum absolute atomic E-state index is 0.198. The van der Waals surface area contributed by atoms with Crippen LogP contribution in [0.4, 0.5) is 0 Å². The zero-order chi connectivity index (χ0) is 13.1. The van der Waals surface area contributed by atoms with E-state index in [4.69, 9.17) is 0 Å². The van der Waals surface area contributed by atoms with Crippen molar-refractivity contribution < 1.29 is 0 Å². The first-order valence-electron chi connectivity index (χ1n) is 6.30. The van der Waals surface area contributed by atoms with Crippen LogP contribution in [0.5, 0.6) is 0 Å². The van der Waals surface area contributed by atoms with E-state index >= 15 is 0 Å². The molecule has 1 unspecified atom stereocenters. The number of nitrogens with one attached hydrogen (secondary N) is 1.